The maximum atomic E-state index is 12.3. The normalized spacial score (nSPS) is 16.2. The molecule has 1 saturated heterocycles. The van der Waals surface area contributed by atoms with Gasteiger partial charge in [-0.15, -0.1) is 12.4 Å². The molecule has 1 aromatic carbocycles. The van der Waals surface area contributed by atoms with E-state index in [2.05, 4.69) is 10.6 Å². The van der Waals surface area contributed by atoms with E-state index in [1.54, 1.807) is 7.11 Å². The Hall–Kier alpha value is -1.30. The van der Waals surface area contributed by atoms with Crippen LogP contribution in [0.1, 0.15) is 32.3 Å². The molecule has 1 aromatic rings. The zero-order valence-electron chi connectivity index (χ0n) is 15.5. The quantitative estimate of drug-likeness (QED) is 0.738. The number of hydrogen-bond acceptors (Lipinski definition) is 4. The number of halogens is 1. The second-order valence-corrected chi connectivity index (χ2v) is 6.95. The minimum atomic E-state index is 0. The maximum absolute atomic E-state index is 12.3. The van der Waals surface area contributed by atoms with Crippen LogP contribution in [0, 0.1) is 5.41 Å². The molecular formula is C19H31ClN2O3. The van der Waals surface area contributed by atoms with Gasteiger partial charge in [-0.25, -0.2) is 0 Å². The number of methoxy groups -OCH3 is 1. The Kier molecular flexibility index (Phi) is 9.25. The molecule has 1 aliphatic heterocycles. The lowest BCUT2D eigenvalue weighted by Gasteiger charge is -2.37. The average Bonchev–Trinajstić information content (AvgIpc) is 2.54. The summed E-state index contributed by atoms with van der Waals surface area (Å²) in [6.07, 6.45) is 2.55. The summed E-state index contributed by atoms with van der Waals surface area (Å²) in [5.74, 6) is 0.857. The minimum absolute atomic E-state index is 0. The molecule has 1 heterocycles. The Morgan fingerprint density at radius 3 is 2.68 bits per heavy atom. The van der Waals surface area contributed by atoms with Gasteiger partial charge in [-0.05, 0) is 57.5 Å². The molecule has 1 fully saturated rings. The highest BCUT2D eigenvalue weighted by molar-refractivity contribution is 5.85. The van der Waals surface area contributed by atoms with Crippen molar-refractivity contribution in [2.75, 3.05) is 33.4 Å². The zero-order valence-corrected chi connectivity index (χ0v) is 16.3. The second kappa shape index (κ2) is 10.6. The molecule has 1 amide bonds. The summed E-state index contributed by atoms with van der Waals surface area (Å²) in [5.41, 5.74) is 1.02. The molecular weight excluding hydrogens is 340 g/mol. The van der Waals surface area contributed by atoms with E-state index in [4.69, 9.17) is 9.47 Å². The van der Waals surface area contributed by atoms with E-state index in [-0.39, 0.29) is 29.8 Å². The number of hydrogen-bond donors (Lipinski definition) is 2. The Morgan fingerprint density at radius 1 is 1.32 bits per heavy atom. The third kappa shape index (κ3) is 7.22. The highest BCUT2D eigenvalue weighted by atomic mass is 35.5. The molecule has 0 unspecified atom stereocenters. The summed E-state index contributed by atoms with van der Waals surface area (Å²) in [7, 11) is 1.73. The number of carbonyl (C=O) groups excluding carboxylic acids is 1. The summed E-state index contributed by atoms with van der Waals surface area (Å²) in [4.78, 5) is 12.3. The highest BCUT2D eigenvalue weighted by Crippen LogP contribution is 2.28. The van der Waals surface area contributed by atoms with Gasteiger partial charge in [0, 0.05) is 19.1 Å². The molecule has 25 heavy (non-hydrogen) atoms. The molecule has 0 spiro atoms. The zero-order chi connectivity index (χ0) is 17.4. The number of benzene rings is 1. The molecule has 0 atom stereocenters. The van der Waals surface area contributed by atoms with Crippen molar-refractivity contribution >= 4 is 18.3 Å². The molecule has 2 rings (SSSR count). The molecule has 2 N–H and O–H groups in total. The fraction of sp³-hybridized carbons (Fsp3) is 0.632. The van der Waals surface area contributed by atoms with E-state index < -0.39 is 0 Å². The molecule has 6 heteroatoms. The van der Waals surface area contributed by atoms with Crippen LogP contribution in [0.25, 0.3) is 0 Å². The highest BCUT2D eigenvalue weighted by Gasteiger charge is 2.32. The predicted octanol–water partition coefficient (Wildman–Crippen LogP) is 2.57. The molecule has 0 aliphatic carbocycles. The van der Waals surface area contributed by atoms with E-state index in [9.17, 15) is 4.79 Å². The van der Waals surface area contributed by atoms with Gasteiger partial charge in [0.25, 0.3) is 0 Å². The van der Waals surface area contributed by atoms with Gasteiger partial charge >= 0.3 is 0 Å². The van der Waals surface area contributed by atoms with Crippen LogP contribution in [0.5, 0.6) is 5.75 Å². The van der Waals surface area contributed by atoms with Crippen molar-refractivity contribution in [2.24, 2.45) is 5.41 Å². The van der Waals surface area contributed by atoms with Crippen molar-refractivity contribution in [2.45, 2.75) is 39.2 Å². The Morgan fingerprint density at radius 2 is 2.04 bits per heavy atom. The summed E-state index contributed by atoms with van der Waals surface area (Å²) < 4.78 is 11.1. The third-order valence-corrected chi connectivity index (χ3v) is 4.41. The first-order valence-corrected chi connectivity index (χ1v) is 8.75. The first-order chi connectivity index (χ1) is 11.5. The SMILES string of the molecule is COCC1(CNC(=O)Cc2cccc(OC(C)C)c2)CCNCC1.Cl. The summed E-state index contributed by atoms with van der Waals surface area (Å²) in [6, 6.07) is 7.75. The minimum Gasteiger partial charge on any atom is -0.491 e. The van der Waals surface area contributed by atoms with Crippen LogP contribution in [0.2, 0.25) is 0 Å². The van der Waals surface area contributed by atoms with Crippen LogP contribution >= 0.6 is 12.4 Å². The molecule has 142 valence electrons. The smallest absolute Gasteiger partial charge is 0.224 e. The Labute approximate surface area is 157 Å². The molecule has 0 bridgehead atoms. The van der Waals surface area contributed by atoms with E-state index in [1.165, 1.54) is 0 Å². The monoisotopic (exact) mass is 370 g/mol. The van der Waals surface area contributed by atoms with Crippen molar-refractivity contribution < 1.29 is 14.3 Å². The summed E-state index contributed by atoms with van der Waals surface area (Å²) >= 11 is 0. The standard InChI is InChI=1S/C19H30N2O3.ClH/c1-15(2)24-17-6-4-5-16(11-17)12-18(22)21-13-19(14-23-3)7-9-20-10-8-19;/h4-6,11,15,20H,7-10,12-14H2,1-3H3,(H,21,22);1H. The van der Waals surface area contributed by atoms with Crippen LogP contribution in [0.3, 0.4) is 0 Å². The van der Waals surface area contributed by atoms with Gasteiger partial charge in [-0.3, -0.25) is 4.79 Å². The van der Waals surface area contributed by atoms with Crippen molar-refractivity contribution in [1.29, 1.82) is 0 Å². The van der Waals surface area contributed by atoms with E-state index in [0.717, 1.165) is 37.2 Å². The van der Waals surface area contributed by atoms with Gasteiger partial charge in [-0.1, -0.05) is 12.1 Å². The predicted molar refractivity (Wildman–Crippen MR) is 103 cm³/mol. The number of rotatable bonds is 8. The second-order valence-electron chi connectivity index (χ2n) is 6.95. The lowest BCUT2D eigenvalue weighted by molar-refractivity contribution is -0.121. The first-order valence-electron chi connectivity index (χ1n) is 8.75. The van der Waals surface area contributed by atoms with Crippen molar-refractivity contribution in [1.82, 2.24) is 10.6 Å². The van der Waals surface area contributed by atoms with Crippen LogP contribution in [0.4, 0.5) is 0 Å². The van der Waals surface area contributed by atoms with Gasteiger partial charge in [0.2, 0.25) is 5.91 Å². The van der Waals surface area contributed by atoms with Crippen LogP contribution in [-0.4, -0.2) is 45.4 Å². The Balaban J connectivity index is 0.00000312. The number of nitrogens with one attached hydrogen (secondary N) is 2. The van der Waals surface area contributed by atoms with E-state index in [0.29, 0.717) is 19.6 Å². The van der Waals surface area contributed by atoms with Crippen molar-refractivity contribution in [3.05, 3.63) is 29.8 Å². The average molecular weight is 371 g/mol. The first kappa shape index (κ1) is 21.7. The Bertz CT molecular complexity index is 526. The molecule has 0 saturated carbocycles. The van der Waals surface area contributed by atoms with Gasteiger partial charge in [0.1, 0.15) is 5.75 Å². The van der Waals surface area contributed by atoms with Crippen LogP contribution < -0.4 is 15.4 Å². The van der Waals surface area contributed by atoms with E-state index in [1.807, 2.05) is 38.1 Å². The molecule has 0 aromatic heterocycles. The van der Waals surface area contributed by atoms with Gasteiger partial charge in [0.05, 0.1) is 19.1 Å². The molecule has 5 nitrogen and oxygen atoms in total. The number of carbonyl (C=O) groups is 1. The lowest BCUT2D eigenvalue weighted by Crippen LogP contribution is -2.47. The summed E-state index contributed by atoms with van der Waals surface area (Å²) in [6.45, 7) is 7.30. The van der Waals surface area contributed by atoms with E-state index >= 15 is 0 Å². The lowest BCUT2D eigenvalue weighted by atomic mass is 9.79. The van der Waals surface area contributed by atoms with Crippen LogP contribution in [0.15, 0.2) is 24.3 Å². The number of piperidine rings is 1. The number of amides is 1. The number of ether oxygens (including phenoxy) is 2. The van der Waals surface area contributed by atoms with Crippen molar-refractivity contribution in [3.8, 4) is 5.75 Å². The fourth-order valence-electron chi connectivity index (χ4n) is 3.17. The molecule has 0 radical (unpaired) electrons. The van der Waals surface area contributed by atoms with Crippen molar-refractivity contribution in [3.63, 3.8) is 0 Å². The van der Waals surface area contributed by atoms with Gasteiger partial charge in [0.15, 0.2) is 0 Å². The largest absolute Gasteiger partial charge is 0.491 e. The fourth-order valence-corrected chi connectivity index (χ4v) is 3.17. The van der Waals surface area contributed by atoms with Gasteiger partial charge in [-0.2, -0.15) is 0 Å². The summed E-state index contributed by atoms with van der Waals surface area (Å²) in [5, 5.41) is 6.46. The van der Waals surface area contributed by atoms with Crippen LogP contribution in [-0.2, 0) is 16.0 Å². The maximum Gasteiger partial charge on any atom is 0.224 e. The third-order valence-electron chi connectivity index (χ3n) is 4.41. The van der Waals surface area contributed by atoms with Gasteiger partial charge < -0.3 is 20.1 Å². The topological polar surface area (TPSA) is 59.6 Å². The molecule has 1 aliphatic rings.